The Morgan fingerprint density at radius 1 is 1.25 bits per heavy atom. The van der Waals surface area contributed by atoms with Gasteiger partial charge in [0.15, 0.2) is 5.13 Å². The number of nitrogens with zero attached hydrogens (tertiary/aromatic N) is 1. The van der Waals surface area contributed by atoms with Crippen LogP contribution < -0.4 is 16.0 Å². The number of para-hydroxylation sites is 1. The molecule has 2 amide bonds. The fourth-order valence-electron chi connectivity index (χ4n) is 5.19. The summed E-state index contributed by atoms with van der Waals surface area (Å²) in [7, 11) is 0. The zero-order valence-corrected chi connectivity index (χ0v) is 16.9. The number of hydrogen-bond donors (Lipinski definition) is 3. The number of fused-ring (bicyclic) bond motifs is 3. The molecule has 0 saturated heterocycles. The molecule has 1 aliphatic heterocycles. The van der Waals surface area contributed by atoms with Gasteiger partial charge in [0.05, 0.1) is 11.3 Å². The molecule has 4 atom stereocenters. The van der Waals surface area contributed by atoms with Crippen molar-refractivity contribution in [3.8, 4) is 0 Å². The van der Waals surface area contributed by atoms with Crippen LogP contribution in [0.25, 0.3) is 0 Å². The van der Waals surface area contributed by atoms with Gasteiger partial charge in [0.1, 0.15) is 5.66 Å². The van der Waals surface area contributed by atoms with Gasteiger partial charge in [-0.15, -0.1) is 11.3 Å². The molecule has 4 aliphatic rings. The summed E-state index contributed by atoms with van der Waals surface area (Å²) in [6.45, 7) is 3.98. The molecule has 7 heteroatoms. The number of thiazole rings is 1. The molecule has 3 N–H and O–H groups in total. The van der Waals surface area contributed by atoms with Gasteiger partial charge in [-0.05, 0) is 57.6 Å². The molecule has 1 aromatic carbocycles. The standard InChI is InChI=1S/C21H24N4O2S/c1-11-12(2)28-20(22-11)23-18(26)16-9-14-8-7-13(16)10-21(14)24-17-6-4-3-5-15(17)19(27)25-21/h3-6,13-14,16,24H,7-10H2,1-2H3,(H,25,27)(H,22,23,26)/t13?,14?,16?,21-/m1/s1. The molecular weight excluding hydrogens is 372 g/mol. The van der Waals surface area contributed by atoms with Gasteiger partial charge >= 0.3 is 0 Å². The molecule has 3 aliphatic carbocycles. The second-order valence-corrected chi connectivity index (χ2v) is 9.53. The van der Waals surface area contributed by atoms with Crippen molar-refractivity contribution >= 4 is 34.0 Å². The van der Waals surface area contributed by atoms with E-state index in [1.165, 1.54) is 11.3 Å². The van der Waals surface area contributed by atoms with Gasteiger partial charge in [-0.25, -0.2) is 4.98 Å². The summed E-state index contributed by atoms with van der Waals surface area (Å²) in [4.78, 5) is 31.2. The van der Waals surface area contributed by atoms with Crippen LogP contribution in [-0.2, 0) is 4.79 Å². The van der Waals surface area contributed by atoms with Crippen molar-refractivity contribution in [3.05, 3.63) is 40.4 Å². The zero-order chi connectivity index (χ0) is 19.5. The van der Waals surface area contributed by atoms with Crippen LogP contribution in [0.2, 0.25) is 0 Å². The maximum absolute atomic E-state index is 13.0. The number of anilines is 2. The number of rotatable bonds is 2. The number of nitrogens with one attached hydrogen (secondary N) is 3. The highest BCUT2D eigenvalue weighted by Crippen LogP contribution is 2.52. The number of amides is 2. The van der Waals surface area contributed by atoms with Crippen LogP contribution in [0.1, 0.15) is 46.6 Å². The van der Waals surface area contributed by atoms with Crippen molar-refractivity contribution in [2.45, 2.75) is 45.2 Å². The van der Waals surface area contributed by atoms with Gasteiger partial charge in [0, 0.05) is 22.4 Å². The lowest BCUT2D eigenvalue weighted by Gasteiger charge is -2.56. The predicted octanol–water partition coefficient (Wildman–Crippen LogP) is 3.69. The van der Waals surface area contributed by atoms with Crippen LogP contribution in [0.4, 0.5) is 10.8 Å². The molecule has 2 heterocycles. The van der Waals surface area contributed by atoms with E-state index in [-0.39, 0.29) is 29.6 Å². The first-order valence-electron chi connectivity index (χ1n) is 9.90. The second-order valence-electron chi connectivity index (χ2n) is 8.33. The Labute approximate surface area is 168 Å². The fourth-order valence-corrected chi connectivity index (χ4v) is 6.01. The van der Waals surface area contributed by atoms with E-state index in [0.717, 1.165) is 41.9 Å². The van der Waals surface area contributed by atoms with Crippen LogP contribution in [-0.4, -0.2) is 22.5 Å². The van der Waals surface area contributed by atoms with Gasteiger partial charge < -0.3 is 16.0 Å². The van der Waals surface area contributed by atoms with Gasteiger partial charge in [-0.1, -0.05) is 12.1 Å². The van der Waals surface area contributed by atoms with Crippen LogP contribution in [0.3, 0.4) is 0 Å². The average molecular weight is 397 g/mol. The molecule has 146 valence electrons. The SMILES string of the molecule is Cc1nc(NC(=O)C2CC3CCC2C[C@@]32NC(=O)c3ccccc3N2)sc1C. The van der Waals surface area contributed by atoms with E-state index >= 15 is 0 Å². The second kappa shape index (κ2) is 6.30. The lowest BCUT2D eigenvalue weighted by molar-refractivity contribution is -0.126. The zero-order valence-electron chi connectivity index (χ0n) is 16.0. The molecule has 0 radical (unpaired) electrons. The van der Waals surface area contributed by atoms with Crippen LogP contribution >= 0.6 is 11.3 Å². The highest BCUT2D eigenvalue weighted by atomic mass is 32.1. The van der Waals surface area contributed by atoms with Crippen LogP contribution in [0.5, 0.6) is 0 Å². The van der Waals surface area contributed by atoms with E-state index in [9.17, 15) is 9.59 Å². The maximum Gasteiger partial charge on any atom is 0.255 e. The minimum absolute atomic E-state index is 0.0170. The van der Waals surface area contributed by atoms with E-state index in [2.05, 4.69) is 20.9 Å². The first-order valence-corrected chi connectivity index (χ1v) is 10.7. The summed E-state index contributed by atoms with van der Waals surface area (Å²) in [5.41, 5.74) is 2.13. The van der Waals surface area contributed by atoms with E-state index in [1.54, 1.807) is 0 Å². The molecule has 28 heavy (non-hydrogen) atoms. The number of carbonyl (C=O) groups excluding carboxylic acids is 2. The highest BCUT2D eigenvalue weighted by Gasteiger charge is 2.55. The highest BCUT2D eigenvalue weighted by molar-refractivity contribution is 7.15. The van der Waals surface area contributed by atoms with Gasteiger partial charge in [-0.2, -0.15) is 0 Å². The van der Waals surface area contributed by atoms with E-state index in [4.69, 9.17) is 0 Å². The average Bonchev–Trinajstić information content (AvgIpc) is 2.99. The normalized spacial score (nSPS) is 30.5. The van der Waals surface area contributed by atoms with Crippen molar-refractivity contribution in [2.24, 2.45) is 17.8 Å². The topological polar surface area (TPSA) is 83.1 Å². The maximum atomic E-state index is 13.0. The summed E-state index contributed by atoms with van der Waals surface area (Å²) in [6, 6.07) is 7.65. The first-order chi connectivity index (χ1) is 13.4. The Kier molecular flexibility index (Phi) is 3.98. The third-order valence-electron chi connectivity index (χ3n) is 6.74. The monoisotopic (exact) mass is 396 g/mol. The molecule has 1 spiro atoms. The summed E-state index contributed by atoms with van der Waals surface area (Å²) < 4.78 is 0. The predicted molar refractivity (Wildman–Crippen MR) is 109 cm³/mol. The molecular formula is C21H24N4O2S. The Morgan fingerprint density at radius 3 is 2.79 bits per heavy atom. The molecule has 3 fully saturated rings. The van der Waals surface area contributed by atoms with Gasteiger partial charge in [-0.3, -0.25) is 9.59 Å². The molecule has 2 bridgehead atoms. The fraction of sp³-hybridized carbons (Fsp3) is 0.476. The number of hydrogen-bond acceptors (Lipinski definition) is 5. The molecule has 3 saturated carbocycles. The van der Waals surface area contributed by atoms with Gasteiger partial charge in [0.2, 0.25) is 5.91 Å². The number of aryl methyl sites for hydroxylation is 2. The van der Waals surface area contributed by atoms with Crippen molar-refractivity contribution in [3.63, 3.8) is 0 Å². The third kappa shape index (κ3) is 2.71. The quantitative estimate of drug-likeness (QED) is 0.723. The Balaban J connectivity index is 1.35. The van der Waals surface area contributed by atoms with E-state index in [0.29, 0.717) is 10.7 Å². The van der Waals surface area contributed by atoms with Crippen LogP contribution in [0.15, 0.2) is 24.3 Å². The number of aromatic nitrogens is 1. The Bertz CT molecular complexity index is 952. The van der Waals surface area contributed by atoms with E-state index in [1.807, 2.05) is 38.1 Å². The number of carbonyl (C=O) groups is 2. The molecule has 6 rings (SSSR count). The lowest BCUT2D eigenvalue weighted by atomic mass is 9.58. The largest absolute Gasteiger partial charge is 0.362 e. The summed E-state index contributed by atoms with van der Waals surface area (Å²) in [6.07, 6.45) is 3.63. The Hall–Kier alpha value is -2.41. The minimum Gasteiger partial charge on any atom is -0.362 e. The third-order valence-corrected chi connectivity index (χ3v) is 7.72. The van der Waals surface area contributed by atoms with E-state index < -0.39 is 5.66 Å². The minimum atomic E-state index is -0.431. The Morgan fingerprint density at radius 2 is 2.07 bits per heavy atom. The summed E-state index contributed by atoms with van der Waals surface area (Å²) >= 11 is 1.53. The molecule has 3 unspecified atom stereocenters. The molecule has 2 aromatic rings. The summed E-state index contributed by atoms with van der Waals surface area (Å²) in [5.74, 6) is 0.526. The van der Waals surface area contributed by atoms with Crippen molar-refractivity contribution < 1.29 is 9.59 Å². The molecule has 1 aromatic heterocycles. The first kappa shape index (κ1) is 17.7. The summed E-state index contributed by atoms with van der Waals surface area (Å²) in [5, 5.41) is 10.6. The van der Waals surface area contributed by atoms with Crippen LogP contribution in [0, 0.1) is 31.6 Å². The number of benzene rings is 1. The van der Waals surface area contributed by atoms with Crippen molar-refractivity contribution in [1.29, 1.82) is 0 Å². The lowest BCUT2D eigenvalue weighted by Crippen LogP contribution is -2.67. The van der Waals surface area contributed by atoms with Crippen molar-refractivity contribution in [1.82, 2.24) is 10.3 Å². The smallest absolute Gasteiger partial charge is 0.255 e. The molecule has 6 nitrogen and oxygen atoms in total. The van der Waals surface area contributed by atoms with Gasteiger partial charge in [0.25, 0.3) is 5.91 Å². The van der Waals surface area contributed by atoms with Crippen molar-refractivity contribution in [2.75, 3.05) is 10.6 Å².